The molecule has 2 aromatic heterocycles. The highest BCUT2D eigenvalue weighted by Gasteiger charge is 2.37. The van der Waals surface area contributed by atoms with Gasteiger partial charge in [-0.25, -0.2) is 18.2 Å². The van der Waals surface area contributed by atoms with Crippen LogP contribution in [0.25, 0.3) is 0 Å². The molecule has 0 aliphatic carbocycles. The van der Waals surface area contributed by atoms with E-state index in [1.165, 1.54) is 4.68 Å². The second-order valence-corrected chi connectivity index (χ2v) is 8.09. The Balaban J connectivity index is 1.47. The summed E-state index contributed by atoms with van der Waals surface area (Å²) >= 11 is 0. The summed E-state index contributed by atoms with van der Waals surface area (Å²) in [4.78, 5) is 23.3. The van der Waals surface area contributed by atoms with Gasteiger partial charge < -0.3 is 20.3 Å². The van der Waals surface area contributed by atoms with Gasteiger partial charge in [-0.1, -0.05) is 0 Å². The highest BCUT2D eigenvalue weighted by Crippen LogP contribution is 2.33. The highest BCUT2D eigenvalue weighted by atomic mass is 19.2. The molecule has 9 nitrogen and oxygen atoms in total. The first-order valence-corrected chi connectivity index (χ1v) is 10.5. The van der Waals surface area contributed by atoms with E-state index in [9.17, 15) is 18.0 Å². The molecule has 1 amide bonds. The number of carbonyl (C=O) groups excluding carboxylic acids is 1. The number of aromatic nitrogens is 4. The summed E-state index contributed by atoms with van der Waals surface area (Å²) < 4.78 is 46.9. The second-order valence-electron chi connectivity index (χ2n) is 8.09. The molecule has 0 saturated carbocycles. The van der Waals surface area contributed by atoms with Crippen LogP contribution in [0.5, 0.6) is 0 Å². The maximum absolute atomic E-state index is 13.4. The van der Waals surface area contributed by atoms with Crippen LogP contribution in [0.2, 0.25) is 0 Å². The van der Waals surface area contributed by atoms with Gasteiger partial charge in [0.2, 0.25) is 11.9 Å². The third-order valence-electron chi connectivity index (χ3n) is 5.68. The van der Waals surface area contributed by atoms with Crippen molar-refractivity contribution in [1.29, 1.82) is 0 Å². The third kappa shape index (κ3) is 4.53. The van der Waals surface area contributed by atoms with E-state index in [4.69, 9.17) is 4.74 Å². The first-order chi connectivity index (χ1) is 16.2. The number of amides is 1. The van der Waals surface area contributed by atoms with Crippen LogP contribution >= 0.6 is 0 Å². The Labute approximate surface area is 194 Å². The van der Waals surface area contributed by atoms with Crippen molar-refractivity contribution in [2.75, 3.05) is 29.7 Å². The number of halogens is 3. The lowest BCUT2D eigenvalue weighted by Crippen LogP contribution is -2.53. The summed E-state index contributed by atoms with van der Waals surface area (Å²) in [5, 5.41) is 10.2. The molecule has 2 atom stereocenters. The Morgan fingerprint density at radius 2 is 1.91 bits per heavy atom. The number of ether oxygens (including phenoxy) is 1. The lowest BCUT2D eigenvalue weighted by Gasteiger charge is -2.37. The van der Waals surface area contributed by atoms with Crippen LogP contribution in [-0.2, 0) is 22.6 Å². The number of likely N-dealkylation sites (N-methyl/N-ethyl adjacent to an activating group) is 1. The Morgan fingerprint density at radius 1 is 1.21 bits per heavy atom. The minimum Gasteiger partial charge on any atom is -0.379 e. The largest absolute Gasteiger partial charge is 0.379 e. The number of hydrogen-bond donors (Lipinski definition) is 2. The maximum Gasteiger partial charge on any atom is 0.249 e. The van der Waals surface area contributed by atoms with Gasteiger partial charge in [0.1, 0.15) is 11.7 Å². The molecule has 1 aromatic carbocycles. The fourth-order valence-corrected chi connectivity index (χ4v) is 3.85. The standard InChI is InChI=1S/C22H24F3N7O2/c1-11-18-20(31(3)19(12(2)34-4)21(33)29-18)30-22(28-11)26-7-14-8-27-32(10-14)9-13-5-15(23)17(25)16(24)6-13/h5-6,8,10,12,19H,7,9H2,1-4H3,(H,29,33)(H,26,28,30)/t12?,19-/m0/s1. The number of hydrogen-bond acceptors (Lipinski definition) is 7. The van der Waals surface area contributed by atoms with E-state index in [0.29, 0.717) is 29.7 Å². The number of rotatable bonds is 7. The van der Waals surface area contributed by atoms with Gasteiger partial charge in [0.25, 0.3) is 0 Å². The van der Waals surface area contributed by atoms with Crippen molar-refractivity contribution in [3.63, 3.8) is 0 Å². The summed E-state index contributed by atoms with van der Waals surface area (Å²) in [5.74, 6) is -3.25. The van der Waals surface area contributed by atoms with Gasteiger partial charge in [-0.3, -0.25) is 9.48 Å². The first-order valence-electron chi connectivity index (χ1n) is 10.5. The van der Waals surface area contributed by atoms with E-state index in [2.05, 4.69) is 25.7 Å². The molecule has 0 bridgehead atoms. The van der Waals surface area contributed by atoms with E-state index in [1.807, 2.05) is 6.92 Å². The van der Waals surface area contributed by atoms with Gasteiger partial charge in [0.05, 0.1) is 24.5 Å². The molecule has 180 valence electrons. The predicted molar refractivity (Wildman–Crippen MR) is 119 cm³/mol. The van der Waals surface area contributed by atoms with Gasteiger partial charge in [-0.2, -0.15) is 10.1 Å². The topological polar surface area (TPSA) is 97.2 Å². The molecule has 12 heteroatoms. The molecule has 3 aromatic rings. The van der Waals surface area contributed by atoms with E-state index in [-0.39, 0.29) is 24.1 Å². The molecule has 0 fully saturated rings. The van der Waals surface area contributed by atoms with Crippen molar-refractivity contribution in [3.8, 4) is 0 Å². The lowest BCUT2D eigenvalue weighted by atomic mass is 10.1. The zero-order valence-corrected chi connectivity index (χ0v) is 19.1. The lowest BCUT2D eigenvalue weighted by molar-refractivity contribution is -0.120. The van der Waals surface area contributed by atoms with Gasteiger partial charge in [0.15, 0.2) is 23.3 Å². The van der Waals surface area contributed by atoms with Crippen molar-refractivity contribution in [2.24, 2.45) is 0 Å². The Hall–Kier alpha value is -3.67. The Morgan fingerprint density at radius 3 is 2.59 bits per heavy atom. The molecule has 3 heterocycles. The fourth-order valence-electron chi connectivity index (χ4n) is 3.85. The number of aryl methyl sites for hydroxylation is 1. The number of fused-ring (bicyclic) bond motifs is 1. The highest BCUT2D eigenvalue weighted by molar-refractivity contribution is 6.03. The molecule has 1 unspecified atom stereocenters. The molecule has 2 N–H and O–H groups in total. The molecule has 34 heavy (non-hydrogen) atoms. The first kappa shape index (κ1) is 23.5. The van der Waals surface area contributed by atoms with Gasteiger partial charge in [0, 0.05) is 32.5 Å². The molecule has 1 aliphatic heterocycles. The average molecular weight is 475 g/mol. The quantitative estimate of drug-likeness (QED) is 0.507. The molecule has 0 radical (unpaired) electrons. The number of anilines is 3. The smallest absolute Gasteiger partial charge is 0.249 e. The zero-order chi connectivity index (χ0) is 24.6. The van der Waals surface area contributed by atoms with Crippen LogP contribution in [0.1, 0.15) is 23.7 Å². The van der Waals surface area contributed by atoms with Gasteiger partial charge in [-0.15, -0.1) is 0 Å². The van der Waals surface area contributed by atoms with Crippen LogP contribution in [0.15, 0.2) is 24.5 Å². The number of benzene rings is 1. The molecular weight excluding hydrogens is 451 g/mol. The number of nitrogens with one attached hydrogen (secondary N) is 2. The Kier molecular flexibility index (Phi) is 6.42. The van der Waals surface area contributed by atoms with Crippen LogP contribution < -0.4 is 15.5 Å². The monoisotopic (exact) mass is 475 g/mol. The van der Waals surface area contributed by atoms with Crippen molar-refractivity contribution >= 4 is 23.4 Å². The minimum absolute atomic E-state index is 0.0755. The van der Waals surface area contributed by atoms with Crippen LogP contribution in [0.3, 0.4) is 0 Å². The molecule has 0 saturated heterocycles. The summed E-state index contributed by atoms with van der Waals surface area (Å²) in [7, 11) is 3.32. The van der Waals surface area contributed by atoms with E-state index < -0.39 is 23.5 Å². The van der Waals surface area contributed by atoms with E-state index >= 15 is 0 Å². The summed E-state index contributed by atoms with van der Waals surface area (Å²) in [6.07, 6.45) is 2.94. The van der Waals surface area contributed by atoms with Gasteiger partial charge in [-0.05, 0) is 31.5 Å². The van der Waals surface area contributed by atoms with Crippen molar-refractivity contribution < 1.29 is 22.7 Å². The van der Waals surface area contributed by atoms with E-state index in [0.717, 1.165) is 17.7 Å². The van der Waals surface area contributed by atoms with Crippen LogP contribution in [0.4, 0.5) is 30.6 Å². The van der Waals surface area contributed by atoms with Crippen LogP contribution in [0, 0.1) is 24.4 Å². The number of carbonyl (C=O) groups is 1. The SMILES string of the molecule is COC(C)[C@H]1C(=O)Nc2c(C)nc(NCc3cnn(Cc4cc(F)c(F)c(F)c4)c3)nc2N1C. The third-order valence-corrected chi connectivity index (χ3v) is 5.68. The van der Waals surface area contributed by atoms with Crippen molar-refractivity contribution in [3.05, 3.63) is 58.8 Å². The normalized spacial score (nSPS) is 16.3. The van der Waals surface area contributed by atoms with Crippen molar-refractivity contribution in [1.82, 2.24) is 19.7 Å². The molecule has 0 spiro atoms. The maximum atomic E-state index is 13.4. The summed E-state index contributed by atoms with van der Waals surface area (Å²) in [6, 6.07) is 1.34. The Bertz CT molecular complexity index is 1210. The van der Waals surface area contributed by atoms with E-state index in [1.54, 1.807) is 38.4 Å². The van der Waals surface area contributed by atoms with Gasteiger partial charge >= 0.3 is 0 Å². The second kappa shape index (κ2) is 9.29. The zero-order valence-electron chi connectivity index (χ0n) is 19.1. The summed E-state index contributed by atoms with van der Waals surface area (Å²) in [6.45, 7) is 3.99. The molecular formula is C22H24F3N7O2. The summed E-state index contributed by atoms with van der Waals surface area (Å²) in [5.41, 5.74) is 2.17. The molecule has 1 aliphatic rings. The predicted octanol–water partition coefficient (Wildman–Crippen LogP) is 2.85. The number of methoxy groups -OCH3 is 1. The van der Waals surface area contributed by atoms with Crippen molar-refractivity contribution in [2.45, 2.75) is 39.1 Å². The number of nitrogens with zero attached hydrogens (tertiary/aromatic N) is 5. The fraction of sp³-hybridized carbons (Fsp3) is 0.364. The molecule has 4 rings (SSSR count). The van der Waals surface area contributed by atoms with Crippen LogP contribution in [-0.4, -0.2) is 52.0 Å². The average Bonchev–Trinajstić information content (AvgIpc) is 3.24. The minimum atomic E-state index is -1.50.